The lowest BCUT2D eigenvalue weighted by Gasteiger charge is -2.64. The van der Waals surface area contributed by atoms with Crippen LogP contribution in [-0.2, 0) is 18.9 Å². The molecule has 0 radical (unpaired) electrons. The second-order valence-corrected chi connectivity index (χ2v) is 13.9. The number of benzene rings is 1. The van der Waals surface area contributed by atoms with Crippen LogP contribution in [-0.4, -0.2) is 54.0 Å². The van der Waals surface area contributed by atoms with E-state index in [2.05, 4.69) is 44.9 Å². The molecule has 0 aromatic heterocycles. The Morgan fingerprint density at radius 1 is 1.19 bits per heavy atom. The summed E-state index contributed by atoms with van der Waals surface area (Å²) in [5.41, 5.74) is 8.08. The highest BCUT2D eigenvalue weighted by Gasteiger charge is 2.68. The number of carbonyl (C=O) groups is 2. The maximum absolute atomic E-state index is 13.9. The normalized spacial score (nSPS) is 27.9. The Hall–Kier alpha value is -2.99. The Morgan fingerprint density at radius 2 is 1.88 bits per heavy atom. The van der Waals surface area contributed by atoms with Crippen molar-refractivity contribution < 1.29 is 23.9 Å². The molecule has 0 unspecified atom stereocenters. The van der Waals surface area contributed by atoms with Gasteiger partial charge >= 0.3 is 7.12 Å². The number of amides is 1. The van der Waals surface area contributed by atoms with Gasteiger partial charge in [0.05, 0.1) is 17.6 Å². The Balaban J connectivity index is 1.47. The molecule has 3 aliphatic carbocycles. The number of Topliss-reactive ketones (excluding diaryl/α,β-unsaturated/α-hetero) is 1. The standard InChI is InChI=1S/C31H48BN5O6/c1-19(2)15-27(32-42-26-18-23-17-25(30(23,4)5)31(26,6)43-32)35-28(39)22(13-10-14-34-29(33)36-37(40)41)16-24(38)20(3)21-11-8-7-9-12-21/h7-9,11-12,19-20,22-23,25-27H,10,13-18H2,1-6H3,(H,35,39)(H3,33,34,36)/t20-,22+,23-,25-,26+,27-,31-/m0/s1. The minimum Gasteiger partial charge on any atom is -0.404 e. The molecule has 1 heterocycles. The van der Waals surface area contributed by atoms with Crippen LogP contribution in [0.5, 0.6) is 0 Å². The van der Waals surface area contributed by atoms with Crippen LogP contribution in [0.3, 0.4) is 0 Å². The maximum atomic E-state index is 13.9. The molecule has 1 aromatic carbocycles. The molecule has 4 aliphatic rings. The number of rotatable bonds is 14. The van der Waals surface area contributed by atoms with Crippen molar-refractivity contribution in [2.45, 2.75) is 104 Å². The van der Waals surface area contributed by atoms with Crippen LogP contribution in [0.4, 0.5) is 0 Å². The molecule has 12 heteroatoms. The molecule has 7 atom stereocenters. The zero-order valence-corrected chi connectivity index (χ0v) is 26.4. The zero-order valence-electron chi connectivity index (χ0n) is 26.4. The molecule has 11 nitrogen and oxygen atoms in total. The summed E-state index contributed by atoms with van der Waals surface area (Å²) < 4.78 is 13.3. The zero-order chi connectivity index (χ0) is 31.5. The molecule has 236 valence electrons. The molecule has 5 rings (SSSR count). The van der Waals surface area contributed by atoms with Crippen molar-refractivity contribution in [3.63, 3.8) is 0 Å². The number of ketones is 1. The Labute approximate surface area is 255 Å². The van der Waals surface area contributed by atoms with E-state index in [1.807, 2.05) is 42.7 Å². The third-order valence-electron chi connectivity index (χ3n) is 10.1. The summed E-state index contributed by atoms with van der Waals surface area (Å²) in [6.07, 6.45) is 3.63. The van der Waals surface area contributed by atoms with E-state index in [0.717, 1.165) is 18.4 Å². The van der Waals surface area contributed by atoms with Crippen molar-refractivity contribution >= 4 is 24.8 Å². The van der Waals surface area contributed by atoms with Crippen LogP contribution in [0.15, 0.2) is 35.3 Å². The predicted molar refractivity (Wildman–Crippen MR) is 165 cm³/mol. The van der Waals surface area contributed by atoms with Crippen LogP contribution in [0, 0.1) is 39.2 Å². The Kier molecular flexibility index (Phi) is 10.2. The first-order valence-corrected chi connectivity index (χ1v) is 15.6. The number of carbonyl (C=O) groups excluding carboxylic acids is 2. The van der Waals surface area contributed by atoms with Gasteiger partial charge < -0.3 is 20.4 Å². The number of nitrogens with one attached hydrogen (secondary N) is 2. The summed E-state index contributed by atoms with van der Waals surface area (Å²) in [4.78, 5) is 41.9. The molecule has 4 N–H and O–H groups in total. The molecular formula is C31H48BN5O6. The van der Waals surface area contributed by atoms with E-state index >= 15 is 0 Å². The van der Waals surface area contributed by atoms with E-state index in [1.165, 1.54) is 0 Å². The van der Waals surface area contributed by atoms with E-state index in [4.69, 9.17) is 15.0 Å². The van der Waals surface area contributed by atoms with Crippen LogP contribution in [0.25, 0.3) is 0 Å². The van der Waals surface area contributed by atoms with E-state index in [9.17, 15) is 19.7 Å². The summed E-state index contributed by atoms with van der Waals surface area (Å²) in [5, 5.41) is 13.1. The van der Waals surface area contributed by atoms with Gasteiger partial charge in [-0.3, -0.25) is 9.59 Å². The molecular weight excluding hydrogens is 549 g/mol. The molecule has 1 aliphatic heterocycles. The molecule has 1 amide bonds. The highest BCUT2D eigenvalue weighted by molar-refractivity contribution is 6.47. The fourth-order valence-electron chi connectivity index (χ4n) is 7.46. The van der Waals surface area contributed by atoms with Crippen molar-refractivity contribution in [1.82, 2.24) is 10.7 Å². The van der Waals surface area contributed by atoms with Crippen molar-refractivity contribution in [2.24, 2.45) is 39.8 Å². The number of guanidine groups is 1. The molecule has 0 spiro atoms. The summed E-state index contributed by atoms with van der Waals surface area (Å²) in [5.74, 6) is -0.583. The van der Waals surface area contributed by atoms with E-state index in [0.29, 0.717) is 31.1 Å². The van der Waals surface area contributed by atoms with Gasteiger partial charge in [0.25, 0.3) is 5.96 Å². The van der Waals surface area contributed by atoms with Crippen LogP contribution >= 0.6 is 0 Å². The smallest absolute Gasteiger partial charge is 0.404 e. The minimum atomic E-state index is -0.776. The Bertz CT molecular complexity index is 1200. The molecule has 1 aromatic rings. The lowest BCUT2D eigenvalue weighted by molar-refractivity contribution is -0.525. The number of nitro groups is 1. The summed E-state index contributed by atoms with van der Waals surface area (Å²) in [6.45, 7) is 13.1. The third-order valence-corrected chi connectivity index (χ3v) is 10.1. The predicted octanol–water partition coefficient (Wildman–Crippen LogP) is 4.04. The van der Waals surface area contributed by atoms with Gasteiger partial charge in [-0.15, -0.1) is 0 Å². The molecule has 1 saturated heterocycles. The fourth-order valence-corrected chi connectivity index (χ4v) is 7.46. The summed E-state index contributed by atoms with van der Waals surface area (Å²) in [7, 11) is -0.561. The molecule has 3 saturated carbocycles. The molecule has 43 heavy (non-hydrogen) atoms. The van der Waals surface area contributed by atoms with Gasteiger partial charge in [-0.2, -0.15) is 0 Å². The van der Waals surface area contributed by atoms with Crippen LogP contribution in [0.2, 0.25) is 0 Å². The first kappa shape index (κ1) is 32.9. The van der Waals surface area contributed by atoms with Gasteiger partial charge in [-0.25, -0.2) is 15.1 Å². The largest absolute Gasteiger partial charge is 0.481 e. The highest BCUT2D eigenvalue weighted by Crippen LogP contribution is 2.65. The van der Waals surface area contributed by atoms with Gasteiger partial charge in [-0.05, 0) is 67.8 Å². The number of hydrazine groups is 1. The monoisotopic (exact) mass is 597 g/mol. The lowest BCUT2D eigenvalue weighted by atomic mass is 9.43. The molecule has 2 bridgehead atoms. The number of hydrogen-bond acceptors (Lipinski definition) is 7. The molecule has 4 fully saturated rings. The van der Waals surface area contributed by atoms with E-state index in [-0.39, 0.29) is 65.5 Å². The number of nitrogens with two attached hydrogens (primary N) is 1. The average molecular weight is 598 g/mol. The minimum absolute atomic E-state index is 0.000955. The second kappa shape index (κ2) is 13.3. The quantitative estimate of drug-likeness (QED) is 0.0724. The van der Waals surface area contributed by atoms with Crippen molar-refractivity contribution in [2.75, 3.05) is 6.54 Å². The first-order chi connectivity index (χ1) is 20.2. The van der Waals surface area contributed by atoms with Crippen LogP contribution in [0.1, 0.15) is 91.5 Å². The van der Waals surface area contributed by atoms with E-state index in [1.54, 1.807) is 0 Å². The van der Waals surface area contributed by atoms with Crippen molar-refractivity contribution in [1.29, 1.82) is 0 Å². The summed E-state index contributed by atoms with van der Waals surface area (Å²) in [6, 6.07) is 9.52. The maximum Gasteiger partial charge on any atom is 0.481 e. The van der Waals surface area contributed by atoms with Crippen LogP contribution < -0.4 is 16.5 Å². The van der Waals surface area contributed by atoms with Crippen molar-refractivity contribution in [3.8, 4) is 0 Å². The first-order valence-electron chi connectivity index (χ1n) is 15.6. The van der Waals surface area contributed by atoms with Gasteiger partial charge in [0.1, 0.15) is 5.78 Å². The average Bonchev–Trinajstić information content (AvgIpc) is 3.30. The van der Waals surface area contributed by atoms with Gasteiger partial charge in [0, 0.05) is 24.8 Å². The fraction of sp³-hybridized carbons (Fsp3) is 0.710. The lowest BCUT2D eigenvalue weighted by Crippen LogP contribution is -2.65. The summed E-state index contributed by atoms with van der Waals surface area (Å²) >= 11 is 0. The number of hydrogen-bond donors (Lipinski definition) is 3. The third kappa shape index (κ3) is 7.40. The second-order valence-electron chi connectivity index (χ2n) is 13.9. The number of nitrogens with zero attached hydrogens (tertiary/aromatic N) is 2. The van der Waals surface area contributed by atoms with Gasteiger partial charge in [0.15, 0.2) is 5.03 Å². The SMILES string of the molecule is CC(C)C[C@H](NC(=O)[C@H](CCCN=C(N)N[N+](=O)[O-])CC(=O)[C@@H](C)c1ccccc1)B1O[C@@H]2C[C@@H]3C[C@@H](C3(C)C)[C@]2(C)O1. The van der Waals surface area contributed by atoms with Crippen molar-refractivity contribution in [3.05, 3.63) is 46.0 Å². The van der Waals surface area contributed by atoms with Gasteiger partial charge in [-0.1, -0.05) is 70.4 Å². The Morgan fingerprint density at radius 3 is 2.51 bits per heavy atom. The topological polar surface area (TPSA) is 158 Å². The van der Waals surface area contributed by atoms with Gasteiger partial charge in [0.2, 0.25) is 5.91 Å². The highest BCUT2D eigenvalue weighted by atomic mass is 16.7. The van der Waals surface area contributed by atoms with E-state index < -0.39 is 18.1 Å². The number of aliphatic imine (C=N–C) groups is 1.